The maximum absolute atomic E-state index is 12.8. The Balaban J connectivity index is 1.65. The summed E-state index contributed by atoms with van der Waals surface area (Å²) in [5.41, 5.74) is -2.09. The third-order valence-corrected chi connectivity index (χ3v) is 8.47. The van der Waals surface area contributed by atoms with E-state index in [0.717, 1.165) is 17.7 Å². The lowest BCUT2D eigenvalue weighted by Crippen LogP contribution is -2.87. The number of likely N-dealkylation sites (N-methyl/N-ethyl adjacent to an activating group) is 1. The van der Waals surface area contributed by atoms with Gasteiger partial charge in [0.15, 0.2) is 29.0 Å². The lowest BCUT2D eigenvalue weighted by molar-refractivity contribution is -1.00. The maximum Gasteiger partial charge on any atom is 0.235 e. The van der Waals surface area contributed by atoms with Crippen LogP contribution < -0.4 is 4.74 Å². The van der Waals surface area contributed by atoms with E-state index in [4.69, 9.17) is 4.74 Å². The van der Waals surface area contributed by atoms with Crippen LogP contribution in [0.15, 0.2) is 12.1 Å². The second kappa shape index (κ2) is 4.50. The molecule has 6 heteroatoms. The summed E-state index contributed by atoms with van der Waals surface area (Å²) in [6, 6.07) is 3.42. The van der Waals surface area contributed by atoms with Crippen LogP contribution in [0, 0.1) is 5.92 Å². The van der Waals surface area contributed by atoms with Crippen molar-refractivity contribution >= 4 is 5.78 Å². The molecule has 3 fully saturated rings. The largest absolute Gasteiger partial charge is 0.504 e. The number of phenolic OH excluding ortho intramolecular Hbond substituents is 1. The van der Waals surface area contributed by atoms with E-state index in [1.54, 1.807) is 6.07 Å². The number of carbonyl (C=O) groups excluding carboxylic acids is 1. The van der Waals surface area contributed by atoms with Gasteiger partial charge in [0.25, 0.3) is 0 Å². The van der Waals surface area contributed by atoms with Crippen molar-refractivity contribution in [1.82, 2.24) is 0 Å². The molecule has 0 aromatic heterocycles. The number of quaternary nitrogens is 1. The van der Waals surface area contributed by atoms with E-state index in [1.165, 1.54) is 12.8 Å². The van der Waals surface area contributed by atoms with Gasteiger partial charge >= 0.3 is 0 Å². The lowest BCUT2D eigenvalue weighted by atomic mass is 9.47. The molecule has 5 aliphatic rings. The third kappa shape index (κ3) is 1.56. The van der Waals surface area contributed by atoms with E-state index in [2.05, 4.69) is 7.05 Å². The van der Waals surface area contributed by atoms with Gasteiger partial charge in [-0.2, -0.15) is 0 Å². The molecular weight excluding hydrogens is 346 g/mol. The van der Waals surface area contributed by atoms with E-state index in [-0.39, 0.29) is 24.4 Å². The average Bonchev–Trinajstić information content (AvgIpc) is 3.35. The van der Waals surface area contributed by atoms with Crippen molar-refractivity contribution in [3.8, 4) is 11.5 Å². The highest BCUT2D eigenvalue weighted by atomic mass is 16.5. The Kier molecular flexibility index (Phi) is 2.72. The maximum atomic E-state index is 12.8. The molecule has 1 saturated heterocycles. The highest BCUT2D eigenvalue weighted by Gasteiger charge is 2.82. The van der Waals surface area contributed by atoms with Gasteiger partial charge in [-0.05, 0) is 30.9 Å². The zero-order valence-electron chi connectivity index (χ0n) is 15.6. The lowest BCUT2D eigenvalue weighted by Gasteiger charge is -2.67. The van der Waals surface area contributed by atoms with Crippen LogP contribution in [0.1, 0.15) is 43.2 Å². The van der Waals surface area contributed by atoms with Crippen LogP contribution in [-0.2, 0) is 16.6 Å². The zero-order valence-corrected chi connectivity index (χ0v) is 15.6. The number of ether oxygens (including phenoxy) is 1. The first kappa shape index (κ1) is 16.3. The average molecular weight is 372 g/mol. The summed E-state index contributed by atoms with van der Waals surface area (Å²) in [6.07, 6.45) is 2.89. The predicted molar refractivity (Wildman–Crippen MR) is 95.3 cm³/mol. The summed E-state index contributed by atoms with van der Waals surface area (Å²) in [4.78, 5) is 12.8. The monoisotopic (exact) mass is 372 g/mol. The van der Waals surface area contributed by atoms with E-state index >= 15 is 0 Å². The van der Waals surface area contributed by atoms with Crippen molar-refractivity contribution in [2.24, 2.45) is 5.92 Å². The summed E-state index contributed by atoms with van der Waals surface area (Å²) >= 11 is 0. The Morgan fingerprint density at radius 3 is 2.78 bits per heavy atom. The molecule has 2 aliphatic heterocycles. The number of hydrogen-bond donors (Lipinski definition) is 3. The number of carbonyl (C=O) groups is 1. The van der Waals surface area contributed by atoms with Crippen LogP contribution in [0.2, 0.25) is 0 Å². The van der Waals surface area contributed by atoms with Crippen molar-refractivity contribution in [3.63, 3.8) is 0 Å². The minimum Gasteiger partial charge on any atom is -0.504 e. The second-order valence-corrected chi connectivity index (χ2v) is 9.73. The van der Waals surface area contributed by atoms with Crippen molar-refractivity contribution in [3.05, 3.63) is 23.3 Å². The molecule has 2 saturated carbocycles. The molecular formula is C21H26NO5+. The number of benzene rings is 1. The fourth-order valence-corrected chi connectivity index (χ4v) is 6.93. The first-order valence-corrected chi connectivity index (χ1v) is 10.1. The highest BCUT2D eigenvalue weighted by molar-refractivity contribution is 5.90. The fourth-order valence-electron chi connectivity index (χ4n) is 6.93. The van der Waals surface area contributed by atoms with Gasteiger partial charge in [0.05, 0.1) is 32.0 Å². The van der Waals surface area contributed by atoms with E-state index in [1.807, 2.05) is 6.07 Å². The molecule has 3 aliphatic carbocycles. The number of aliphatic hydroxyl groups is 2. The van der Waals surface area contributed by atoms with Crippen LogP contribution in [0.4, 0.5) is 0 Å². The zero-order chi connectivity index (χ0) is 18.8. The van der Waals surface area contributed by atoms with Gasteiger partial charge in [0.1, 0.15) is 0 Å². The Morgan fingerprint density at radius 2 is 2.04 bits per heavy atom. The second-order valence-electron chi connectivity index (χ2n) is 9.73. The van der Waals surface area contributed by atoms with Gasteiger partial charge in [0, 0.05) is 24.3 Å². The summed E-state index contributed by atoms with van der Waals surface area (Å²) in [5, 5.41) is 34.7. The Labute approximate surface area is 158 Å². The molecule has 1 aromatic rings. The van der Waals surface area contributed by atoms with Crippen LogP contribution >= 0.6 is 0 Å². The molecule has 1 aromatic carbocycles. The minimum atomic E-state index is -1.44. The molecule has 5 atom stereocenters. The Bertz CT molecular complexity index is 897. The molecule has 27 heavy (non-hydrogen) atoms. The molecule has 0 unspecified atom stereocenters. The molecule has 3 N–H and O–H groups in total. The van der Waals surface area contributed by atoms with Gasteiger partial charge < -0.3 is 20.1 Å². The number of phenols is 1. The number of rotatable bonds is 2. The summed E-state index contributed by atoms with van der Waals surface area (Å²) < 4.78 is 6.44. The van der Waals surface area contributed by atoms with Crippen molar-refractivity contribution in [1.29, 1.82) is 0 Å². The van der Waals surface area contributed by atoms with Crippen molar-refractivity contribution in [2.75, 3.05) is 20.1 Å². The molecule has 0 amide bonds. The first-order valence-electron chi connectivity index (χ1n) is 10.1. The van der Waals surface area contributed by atoms with Gasteiger partial charge in [-0.15, -0.1) is 0 Å². The number of hydrogen-bond acceptors (Lipinski definition) is 5. The SMILES string of the molecule is C[N@+]1(CC2CC2)CC[C@]23c4c5ccc(O)c4O[C@H]2C(=O)CC[C@@]3(O)[C@@]1(O)C5. The highest BCUT2D eigenvalue weighted by Crippen LogP contribution is 2.68. The minimum absolute atomic E-state index is 0.0129. The molecule has 6 nitrogen and oxygen atoms in total. The normalized spacial score (nSPS) is 46.8. The topological polar surface area (TPSA) is 87.0 Å². The number of ketones is 1. The number of Topliss-reactive ketones (excluding diaryl/α,β-unsaturated/α-hetero) is 1. The third-order valence-electron chi connectivity index (χ3n) is 8.47. The number of likely N-dealkylation sites (tertiary alicyclic amines) is 1. The number of aromatic hydroxyl groups is 1. The van der Waals surface area contributed by atoms with Gasteiger partial charge in [-0.25, -0.2) is 0 Å². The van der Waals surface area contributed by atoms with E-state index in [9.17, 15) is 20.1 Å². The standard InChI is InChI=1S/C21H25NO5/c1-22(11-12-2-3-12)9-8-19-16-13-4-5-14(23)17(16)27-18(19)15(24)6-7-20(19,25)21(22,26)10-13/h4-5,12,18,25-26H,2-3,6-11H2,1H3/p+1/t18-,19-,20-,21-,22+/m0/s1. The Hall–Kier alpha value is -1.63. The van der Waals surface area contributed by atoms with E-state index < -0.39 is 22.8 Å². The van der Waals surface area contributed by atoms with E-state index in [0.29, 0.717) is 35.5 Å². The quantitative estimate of drug-likeness (QED) is 0.674. The smallest absolute Gasteiger partial charge is 0.235 e. The van der Waals surface area contributed by atoms with Crippen LogP contribution in [-0.4, -0.2) is 63.2 Å². The number of nitrogens with zero attached hydrogens (tertiary/aromatic N) is 1. The van der Waals surface area contributed by atoms with Crippen molar-refractivity contribution in [2.45, 2.75) is 61.4 Å². The molecule has 2 bridgehead atoms. The summed E-state index contributed by atoms with van der Waals surface area (Å²) in [7, 11) is 2.07. The fraction of sp³-hybridized carbons (Fsp3) is 0.667. The molecule has 1 spiro atoms. The summed E-state index contributed by atoms with van der Waals surface area (Å²) in [5.74, 6) is 0.920. The predicted octanol–water partition coefficient (Wildman–Crippen LogP) is 0.990. The molecule has 144 valence electrons. The van der Waals surface area contributed by atoms with Gasteiger partial charge in [-0.3, -0.25) is 9.28 Å². The van der Waals surface area contributed by atoms with Gasteiger partial charge in [0.2, 0.25) is 5.72 Å². The van der Waals surface area contributed by atoms with Gasteiger partial charge in [-0.1, -0.05) is 6.07 Å². The van der Waals surface area contributed by atoms with Crippen LogP contribution in [0.3, 0.4) is 0 Å². The first-order chi connectivity index (χ1) is 12.8. The molecule has 2 heterocycles. The van der Waals surface area contributed by atoms with Crippen LogP contribution in [0.5, 0.6) is 11.5 Å². The summed E-state index contributed by atoms with van der Waals surface area (Å²) in [6.45, 7) is 1.55. The molecule has 0 radical (unpaired) electrons. The van der Waals surface area contributed by atoms with Crippen LogP contribution in [0.25, 0.3) is 0 Å². The Morgan fingerprint density at radius 1 is 1.26 bits per heavy atom. The number of piperidine rings is 1. The molecule has 6 rings (SSSR count). The van der Waals surface area contributed by atoms with Crippen molar-refractivity contribution < 1.29 is 29.3 Å².